The molecule has 4 atom stereocenters. The molecule has 0 aromatic rings. The van der Waals surface area contributed by atoms with Crippen LogP contribution >= 0.6 is 0 Å². The third-order valence-corrected chi connectivity index (χ3v) is 5.35. The Hall–Kier alpha value is -0.340. The molecule has 0 radical (unpaired) electrons. The quantitative estimate of drug-likeness (QED) is 0.617. The van der Waals surface area contributed by atoms with E-state index in [1.165, 1.54) is 44.9 Å². The van der Waals surface area contributed by atoms with Crippen molar-refractivity contribution < 1.29 is 9.84 Å². The molecule has 0 aromatic heterocycles. The fourth-order valence-electron chi connectivity index (χ4n) is 4.44. The molecule has 0 amide bonds. The molecule has 2 fully saturated rings. The Kier molecular flexibility index (Phi) is 4.60. The van der Waals surface area contributed by atoms with E-state index < -0.39 is 0 Å². The van der Waals surface area contributed by atoms with Crippen LogP contribution in [0.3, 0.4) is 0 Å². The van der Waals surface area contributed by atoms with Crippen molar-refractivity contribution in [2.24, 2.45) is 11.8 Å². The van der Waals surface area contributed by atoms with Crippen LogP contribution in [-0.2, 0) is 4.74 Å². The zero-order chi connectivity index (χ0) is 13.1. The molecule has 3 aliphatic rings. The van der Waals surface area contributed by atoms with E-state index in [1.807, 2.05) is 0 Å². The van der Waals surface area contributed by atoms with Crippen LogP contribution in [0.4, 0.5) is 0 Å². The Morgan fingerprint density at radius 3 is 2.79 bits per heavy atom. The standard InChI is InChI=1S/C17H28O2/c18-12-6-5-11-17-14-8-2-1-7-13(14)15-9-3-4-10-16(15)19-17/h7,14-18H,1-6,8-12H2/t14-,15-,16-,17-/m0/s1. The minimum absolute atomic E-state index is 0.326. The molecule has 2 nitrogen and oxygen atoms in total. The van der Waals surface area contributed by atoms with Gasteiger partial charge in [0.25, 0.3) is 0 Å². The molecular formula is C17H28O2. The van der Waals surface area contributed by atoms with Gasteiger partial charge in [-0.15, -0.1) is 0 Å². The van der Waals surface area contributed by atoms with Gasteiger partial charge in [-0.2, -0.15) is 0 Å². The minimum atomic E-state index is 0.326. The van der Waals surface area contributed by atoms with Gasteiger partial charge in [-0.25, -0.2) is 0 Å². The first-order chi connectivity index (χ1) is 9.40. The molecule has 0 spiro atoms. The summed E-state index contributed by atoms with van der Waals surface area (Å²) in [7, 11) is 0. The van der Waals surface area contributed by atoms with Crippen molar-refractivity contribution in [1.29, 1.82) is 0 Å². The summed E-state index contributed by atoms with van der Waals surface area (Å²) in [6.07, 6.45) is 16.0. The predicted molar refractivity (Wildman–Crippen MR) is 77.0 cm³/mol. The molecule has 1 heterocycles. The number of allylic oxidation sites excluding steroid dienone is 1. The second-order valence-corrected chi connectivity index (χ2v) is 6.56. The normalized spacial score (nSPS) is 38.3. The van der Waals surface area contributed by atoms with Gasteiger partial charge in [-0.1, -0.05) is 24.5 Å². The van der Waals surface area contributed by atoms with Crippen LogP contribution in [0.25, 0.3) is 0 Å². The first kappa shape index (κ1) is 13.6. The van der Waals surface area contributed by atoms with Gasteiger partial charge < -0.3 is 9.84 Å². The van der Waals surface area contributed by atoms with Gasteiger partial charge in [-0.3, -0.25) is 0 Å². The number of aliphatic hydroxyl groups is 1. The van der Waals surface area contributed by atoms with E-state index in [1.54, 1.807) is 5.57 Å². The SMILES string of the molecule is OCCCC[C@@H]1O[C@H]2CCCC[C@H]2C2=CCCC[C@@H]21. The zero-order valence-electron chi connectivity index (χ0n) is 12.0. The van der Waals surface area contributed by atoms with Crippen molar-refractivity contribution in [2.45, 2.75) is 76.4 Å². The van der Waals surface area contributed by atoms with Crippen molar-refractivity contribution in [3.63, 3.8) is 0 Å². The number of ether oxygens (including phenoxy) is 1. The maximum Gasteiger partial charge on any atom is 0.0644 e. The van der Waals surface area contributed by atoms with Crippen LogP contribution in [0.15, 0.2) is 11.6 Å². The number of hydrogen-bond donors (Lipinski definition) is 1. The average molecular weight is 264 g/mol. The molecule has 2 heteroatoms. The van der Waals surface area contributed by atoms with Gasteiger partial charge in [0, 0.05) is 18.4 Å². The second kappa shape index (κ2) is 6.41. The molecule has 2 aliphatic carbocycles. The largest absolute Gasteiger partial charge is 0.396 e. The Bertz CT molecular complexity index is 323. The summed E-state index contributed by atoms with van der Waals surface area (Å²) in [6.45, 7) is 0.326. The van der Waals surface area contributed by atoms with E-state index in [0.29, 0.717) is 24.7 Å². The Morgan fingerprint density at radius 1 is 1.05 bits per heavy atom. The number of rotatable bonds is 4. The molecule has 0 unspecified atom stereocenters. The highest BCUT2D eigenvalue weighted by Gasteiger charge is 2.42. The Morgan fingerprint density at radius 2 is 1.89 bits per heavy atom. The van der Waals surface area contributed by atoms with Gasteiger partial charge in [0.15, 0.2) is 0 Å². The third-order valence-electron chi connectivity index (χ3n) is 5.35. The Balaban J connectivity index is 1.71. The molecule has 1 N–H and O–H groups in total. The number of fused-ring (bicyclic) bond motifs is 3. The molecule has 3 rings (SSSR count). The van der Waals surface area contributed by atoms with Gasteiger partial charge in [-0.05, 0) is 51.4 Å². The van der Waals surface area contributed by atoms with E-state index in [2.05, 4.69) is 6.08 Å². The fourth-order valence-corrected chi connectivity index (χ4v) is 4.44. The average Bonchev–Trinajstić information content (AvgIpc) is 2.47. The first-order valence-electron chi connectivity index (χ1n) is 8.36. The second-order valence-electron chi connectivity index (χ2n) is 6.56. The highest BCUT2D eigenvalue weighted by Crippen LogP contribution is 2.46. The van der Waals surface area contributed by atoms with Crippen molar-refractivity contribution in [1.82, 2.24) is 0 Å². The van der Waals surface area contributed by atoms with Crippen LogP contribution in [0.1, 0.15) is 64.2 Å². The lowest BCUT2D eigenvalue weighted by atomic mass is 9.68. The van der Waals surface area contributed by atoms with Gasteiger partial charge >= 0.3 is 0 Å². The summed E-state index contributed by atoms with van der Waals surface area (Å²) < 4.78 is 6.48. The zero-order valence-corrected chi connectivity index (χ0v) is 12.0. The predicted octanol–water partition coefficient (Wildman–Crippen LogP) is 3.83. The lowest BCUT2D eigenvalue weighted by Crippen LogP contribution is -2.45. The molecule has 1 saturated carbocycles. The highest BCUT2D eigenvalue weighted by molar-refractivity contribution is 5.20. The van der Waals surface area contributed by atoms with Gasteiger partial charge in [0.05, 0.1) is 12.2 Å². The van der Waals surface area contributed by atoms with Crippen LogP contribution in [0.2, 0.25) is 0 Å². The molecule has 0 aromatic carbocycles. The summed E-state index contributed by atoms with van der Waals surface area (Å²) in [5, 5.41) is 8.96. The highest BCUT2D eigenvalue weighted by atomic mass is 16.5. The number of unbranched alkanes of at least 4 members (excludes halogenated alkanes) is 1. The van der Waals surface area contributed by atoms with E-state index >= 15 is 0 Å². The number of hydrogen-bond acceptors (Lipinski definition) is 2. The van der Waals surface area contributed by atoms with Crippen molar-refractivity contribution in [3.05, 3.63) is 11.6 Å². The third kappa shape index (κ3) is 2.90. The molecule has 1 aliphatic heterocycles. The molecule has 1 saturated heterocycles. The minimum Gasteiger partial charge on any atom is -0.396 e. The Labute approximate surface area is 117 Å². The van der Waals surface area contributed by atoms with Crippen molar-refractivity contribution in [3.8, 4) is 0 Å². The van der Waals surface area contributed by atoms with Crippen LogP contribution < -0.4 is 0 Å². The maximum atomic E-state index is 8.96. The first-order valence-corrected chi connectivity index (χ1v) is 8.36. The van der Waals surface area contributed by atoms with Gasteiger partial charge in [0.1, 0.15) is 0 Å². The van der Waals surface area contributed by atoms with Crippen molar-refractivity contribution in [2.75, 3.05) is 6.61 Å². The monoisotopic (exact) mass is 264 g/mol. The summed E-state index contributed by atoms with van der Waals surface area (Å²) in [5.41, 5.74) is 1.76. The van der Waals surface area contributed by atoms with Crippen LogP contribution in [-0.4, -0.2) is 23.9 Å². The molecule has 19 heavy (non-hydrogen) atoms. The van der Waals surface area contributed by atoms with Crippen molar-refractivity contribution >= 4 is 0 Å². The summed E-state index contributed by atoms with van der Waals surface area (Å²) in [6, 6.07) is 0. The molecular weight excluding hydrogens is 236 g/mol. The summed E-state index contributed by atoms with van der Waals surface area (Å²) in [5.74, 6) is 1.44. The van der Waals surface area contributed by atoms with E-state index in [9.17, 15) is 0 Å². The molecule has 0 bridgehead atoms. The van der Waals surface area contributed by atoms with E-state index in [4.69, 9.17) is 9.84 Å². The van der Waals surface area contributed by atoms with Gasteiger partial charge in [0.2, 0.25) is 0 Å². The topological polar surface area (TPSA) is 29.5 Å². The van der Waals surface area contributed by atoms with E-state index in [-0.39, 0.29) is 0 Å². The lowest BCUT2D eigenvalue weighted by Gasteiger charge is -2.47. The van der Waals surface area contributed by atoms with Crippen LogP contribution in [0.5, 0.6) is 0 Å². The summed E-state index contributed by atoms with van der Waals surface area (Å²) in [4.78, 5) is 0. The fraction of sp³-hybridized carbons (Fsp3) is 0.882. The van der Waals surface area contributed by atoms with Crippen LogP contribution in [0, 0.1) is 11.8 Å². The molecule has 108 valence electrons. The lowest BCUT2D eigenvalue weighted by molar-refractivity contribution is -0.107. The smallest absolute Gasteiger partial charge is 0.0644 e. The maximum absolute atomic E-state index is 8.96. The number of aliphatic hydroxyl groups excluding tert-OH is 1. The van der Waals surface area contributed by atoms with E-state index in [0.717, 1.165) is 25.2 Å². The summed E-state index contributed by atoms with van der Waals surface area (Å²) >= 11 is 0.